The molecule has 0 N–H and O–H groups in total. The van der Waals surface area contributed by atoms with Crippen molar-refractivity contribution in [2.24, 2.45) is 29.6 Å². The summed E-state index contributed by atoms with van der Waals surface area (Å²) in [6, 6.07) is 0. The fourth-order valence-electron chi connectivity index (χ4n) is 4.66. The van der Waals surface area contributed by atoms with Gasteiger partial charge in [0.05, 0.1) is 13.2 Å². The van der Waals surface area contributed by atoms with Gasteiger partial charge in [-0.25, -0.2) is 0 Å². The molecule has 2 rings (SSSR count). The molecule has 2 fully saturated rings. The Morgan fingerprint density at radius 1 is 0.885 bits per heavy atom. The van der Waals surface area contributed by atoms with Crippen molar-refractivity contribution >= 4 is 0 Å². The molecule has 0 amide bonds. The lowest BCUT2D eigenvalue weighted by atomic mass is 9.71. The molecule has 2 aliphatic rings. The Kier molecular flexibility index (Phi) is 6.55. The molecule has 2 bridgehead atoms. The van der Waals surface area contributed by atoms with E-state index < -0.39 is 37.1 Å². The average molecular weight is 392 g/mol. The van der Waals surface area contributed by atoms with Gasteiger partial charge in [-0.2, -0.15) is 26.3 Å². The van der Waals surface area contributed by atoms with Gasteiger partial charge >= 0.3 is 12.4 Å². The van der Waals surface area contributed by atoms with Gasteiger partial charge in [0, 0.05) is 7.11 Å². The molecule has 26 heavy (non-hydrogen) atoms. The van der Waals surface area contributed by atoms with Crippen LogP contribution in [0.3, 0.4) is 0 Å². The van der Waals surface area contributed by atoms with Crippen molar-refractivity contribution in [3.63, 3.8) is 0 Å². The maximum atomic E-state index is 13.6. The molecule has 5 unspecified atom stereocenters. The van der Waals surface area contributed by atoms with Gasteiger partial charge in [0.1, 0.15) is 6.79 Å². The normalized spacial score (nSPS) is 32.4. The largest absolute Gasteiger partial charge is 0.426 e. The number of methoxy groups -OCH3 is 1. The Morgan fingerprint density at radius 3 is 1.96 bits per heavy atom. The van der Waals surface area contributed by atoms with Crippen LogP contribution in [0.4, 0.5) is 26.3 Å². The van der Waals surface area contributed by atoms with Gasteiger partial charge in [-0.3, -0.25) is 0 Å². The number of fused-ring (bicyclic) bond motifs is 2. The van der Waals surface area contributed by atoms with E-state index in [1.165, 1.54) is 7.11 Å². The van der Waals surface area contributed by atoms with Crippen LogP contribution in [0, 0.1) is 29.6 Å². The van der Waals surface area contributed by atoms with Crippen molar-refractivity contribution in [2.45, 2.75) is 51.1 Å². The third-order valence-corrected chi connectivity index (χ3v) is 6.32. The van der Waals surface area contributed by atoms with Gasteiger partial charge in [-0.1, -0.05) is 13.8 Å². The SMILES string of the molecule is COCCOCOC(CC1CC2CC1C(C)C2C)(C(F)(F)F)C(F)(F)F. The highest BCUT2D eigenvalue weighted by Gasteiger charge is 2.73. The minimum atomic E-state index is -5.58. The van der Waals surface area contributed by atoms with E-state index in [0.29, 0.717) is 18.8 Å². The molecule has 154 valence electrons. The summed E-state index contributed by atoms with van der Waals surface area (Å²) in [5.41, 5.74) is -4.20. The van der Waals surface area contributed by atoms with E-state index in [9.17, 15) is 26.3 Å². The molecule has 3 nitrogen and oxygen atoms in total. The van der Waals surface area contributed by atoms with Crippen LogP contribution in [-0.2, 0) is 14.2 Å². The third-order valence-electron chi connectivity index (χ3n) is 6.32. The monoisotopic (exact) mass is 392 g/mol. The van der Waals surface area contributed by atoms with Crippen LogP contribution >= 0.6 is 0 Å². The lowest BCUT2D eigenvalue weighted by molar-refractivity contribution is -0.398. The van der Waals surface area contributed by atoms with Crippen molar-refractivity contribution in [2.75, 3.05) is 27.1 Å². The smallest absolute Gasteiger partial charge is 0.382 e. The van der Waals surface area contributed by atoms with Crippen molar-refractivity contribution in [1.82, 2.24) is 0 Å². The molecule has 2 saturated carbocycles. The molecule has 0 saturated heterocycles. The summed E-state index contributed by atoms with van der Waals surface area (Å²) in [6.07, 6.45) is -11.2. The average Bonchev–Trinajstić information content (AvgIpc) is 3.03. The van der Waals surface area contributed by atoms with Crippen molar-refractivity contribution in [1.29, 1.82) is 0 Å². The molecular formula is C17H26F6O3. The Morgan fingerprint density at radius 2 is 1.50 bits per heavy atom. The van der Waals surface area contributed by atoms with E-state index >= 15 is 0 Å². The molecule has 0 spiro atoms. The summed E-state index contributed by atoms with van der Waals surface area (Å²) in [6.45, 7) is 2.75. The van der Waals surface area contributed by atoms with Crippen molar-refractivity contribution < 1.29 is 40.6 Å². The summed E-state index contributed by atoms with van der Waals surface area (Å²) < 4.78 is 95.3. The predicted octanol–water partition coefficient (Wildman–Crippen LogP) is 4.81. The Bertz CT molecular complexity index is 448. The highest BCUT2D eigenvalue weighted by atomic mass is 19.4. The van der Waals surface area contributed by atoms with Crippen LogP contribution in [0.15, 0.2) is 0 Å². The molecule has 0 heterocycles. The quantitative estimate of drug-likeness (QED) is 0.337. The van der Waals surface area contributed by atoms with Gasteiger partial charge in [-0.15, -0.1) is 0 Å². The van der Waals surface area contributed by atoms with Crippen LogP contribution in [0.25, 0.3) is 0 Å². The molecule has 9 heteroatoms. The Balaban J connectivity index is 2.17. The molecule has 0 aromatic carbocycles. The zero-order valence-electron chi connectivity index (χ0n) is 15.1. The summed E-state index contributed by atoms with van der Waals surface area (Å²) >= 11 is 0. The molecule has 2 aliphatic carbocycles. The summed E-state index contributed by atoms with van der Waals surface area (Å²) in [5.74, 6) is -0.140. The van der Waals surface area contributed by atoms with Gasteiger partial charge in [0.2, 0.25) is 0 Å². The first-order valence-corrected chi connectivity index (χ1v) is 8.78. The fraction of sp³-hybridized carbons (Fsp3) is 1.00. The third kappa shape index (κ3) is 3.99. The second-order valence-electron chi connectivity index (χ2n) is 7.56. The first-order valence-electron chi connectivity index (χ1n) is 8.78. The lowest BCUT2D eigenvalue weighted by Crippen LogP contribution is -2.60. The zero-order chi connectivity index (χ0) is 19.8. The van der Waals surface area contributed by atoms with Crippen LogP contribution in [0.1, 0.15) is 33.1 Å². The highest BCUT2D eigenvalue weighted by molar-refractivity contribution is 5.04. The van der Waals surface area contributed by atoms with E-state index in [4.69, 9.17) is 4.74 Å². The predicted molar refractivity (Wildman–Crippen MR) is 81.3 cm³/mol. The van der Waals surface area contributed by atoms with Crippen LogP contribution in [0.2, 0.25) is 0 Å². The summed E-state index contributed by atoms with van der Waals surface area (Å²) in [4.78, 5) is 0. The van der Waals surface area contributed by atoms with Gasteiger partial charge < -0.3 is 14.2 Å². The number of rotatable bonds is 8. The molecule has 0 aliphatic heterocycles. The standard InChI is InChI=1S/C17H26F6O3/c1-10-11(2)14-7-12(10)6-13(14)8-15(16(18,19)20,17(21,22)23)26-9-25-5-4-24-3/h10-14H,4-9H2,1-3H3. The van der Waals surface area contributed by atoms with Gasteiger partial charge in [0.25, 0.3) is 5.60 Å². The summed E-state index contributed by atoms with van der Waals surface area (Å²) in [5, 5.41) is 0. The molecule has 0 aromatic heterocycles. The zero-order valence-corrected chi connectivity index (χ0v) is 15.1. The minimum Gasteiger partial charge on any atom is -0.382 e. The van der Waals surface area contributed by atoms with E-state index in [0.717, 1.165) is 0 Å². The Labute approximate surface area is 149 Å². The van der Waals surface area contributed by atoms with Crippen LogP contribution in [0.5, 0.6) is 0 Å². The van der Waals surface area contributed by atoms with Crippen LogP contribution < -0.4 is 0 Å². The first-order chi connectivity index (χ1) is 11.9. The molecular weight excluding hydrogens is 366 g/mol. The molecule has 0 radical (unpaired) electrons. The lowest BCUT2D eigenvalue weighted by Gasteiger charge is -2.41. The number of hydrogen-bond donors (Lipinski definition) is 0. The highest BCUT2D eigenvalue weighted by Crippen LogP contribution is 2.60. The van der Waals surface area contributed by atoms with Gasteiger partial charge in [-0.05, 0) is 48.9 Å². The Hall–Kier alpha value is -0.540. The van der Waals surface area contributed by atoms with Crippen molar-refractivity contribution in [3.05, 3.63) is 0 Å². The topological polar surface area (TPSA) is 27.7 Å². The van der Waals surface area contributed by atoms with Crippen molar-refractivity contribution in [3.8, 4) is 0 Å². The second-order valence-corrected chi connectivity index (χ2v) is 7.56. The van der Waals surface area contributed by atoms with Gasteiger partial charge in [0.15, 0.2) is 0 Å². The minimum absolute atomic E-state index is 0.0518. The number of ether oxygens (including phenoxy) is 3. The van der Waals surface area contributed by atoms with E-state index in [2.05, 4.69) is 9.47 Å². The number of alkyl halides is 6. The number of halogens is 6. The maximum Gasteiger partial charge on any atom is 0.426 e. The molecule has 5 atom stereocenters. The number of hydrogen-bond acceptors (Lipinski definition) is 3. The van der Waals surface area contributed by atoms with E-state index in [1.54, 1.807) is 0 Å². The first kappa shape index (κ1) is 21.8. The van der Waals surface area contributed by atoms with E-state index in [-0.39, 0.29) is 31.0 Å². The second kappa shape index (κ2) is 7.83. The summed E-state index contributed by atoms with van der Waals surface area (Å²) in [7, 11) is 1.34. The molecule has 0 aromatic rings. The van der Waals surface area contributed by atoms with E-state index in [1.807, 2.05) is 13.8 Å². The maximum absolute atomic E-state index is 13.6. The van der Waals surface area contributed by atoms with Crippen LogP contribution in [-0.4, -0.2) is 45.1 Å². The fourth-order valence-corrected chi connectivity index (χ4v) is 4.66.